The second kappa shape index (κ2) is 5.97. The van der Waals surface area contributed by atoms with Crippen molar-refractivity contribution in [1.29, 1.82) is 0 Å². The summed E-state index contributed by atoms with van der Waals surface area (Å²) in [5.41, 5.74) is 0.637. The third-order valence-corrected chi connectivity index (χ3v) is 2.77. The number of hydrogen-bond donors (Lipinski definition) is 2. The Morgan fingerprint density at radius 1 is 1.25 bits per heavy atom. The lowest BCUT2D eigenvalue weighted by Gasteiger charge is -2.19. The van der Waals surface area contributed by atoms with E-state index in [1.165, 1.54) is 6.07 Å². The third-order valence-electron chi connectivity index (χ3n) is 2.77. The van der Waals surface area contributed by atoms with E-state index in [9.17, 15) is 9.50 Å². The van der Waals surface area contributed by atoms with Crippen molar-refractivity contribution in [1.82, 2.24) is 5.32 Å². The summed E-state index contributed by atoms with van der Waals surface area (Å²) in [4.78, 5) is 0. The minimum Gasteiger partial charge on any atom is -0.392 e. The summed E-state index contributed by atoms with van der Waals surface area (Å²) in [6.07, 6.45) is -0.394. The second-order valence-electron chi connectivity index (χ2n) is 4.46. The molecule has 1 rings (SSSR count). The molecule has 0 saturated carbocycles. The smallest absolute Gasteiger partial charge is 0.127 e. The van der Waals surface area contributed by atoms with Crippen molar-refractivity contribution >= 4 is 0 Å². The van der Waals surface area contributed by atoms with E-state index >= 15 is 0 Å². The van der Waals surface area contributed by atoms with E-state index in [1.54, 1.807) is 12.1 Å². The summed E-state index contributed by atoms with van der Waals surface area (Å²) >= 11 is 0. The molecule has 0 aliphatic rings. The highest BCUT2D eigenvalue weighted by Crippen LogP contribution is 2.16. The lowest BCUT2D eigenvalue weighted by atomic mass is 10.1. The van der Waals surface area contributed by atoms with Crippen LogP contribution in [0.25, 0.3) is 0 Å². The van der Waals surface area contributed by atoms with Crippen molar-refractivity contribution in [2.45, 2.75) is 32.9 Å². The van der Waals surface area contributed by atoms with Crippen molar-refractivity contribution in [2.75, 3.05) is 6.54 Å². The first-order chi connectivity index (χ1) is 7.52. The lowest BCUT2D eigenvalue weighted by molar-refractivity contribution is 0.120. The van der Waals surface area contributed by atoms with Gasteiger partial charge in [0.15, 0.2) is 0 Å². The quantitative estimate of drug-likeness (QED) is 0.807. The van der Waals surface area contributed by atoms with Crippen LogP contribution in [0.4, 0.5) is 4.39 Å². The Balaban J connectivity index is 2.53. The van der Waals surface area contributed by atoms with Gasteiger partial charge in [-0.1, -0.05) is 32.0 Å². The monoisotopic (exact) mass is 225 g/mol. The van der Waals surface area contributed by atoms with Gasteiger partial charge < -0.3 is 10.4 Å². The molecule has 0 aliphatic heterocycles. The van der Waals surface area contributed by atoms with Crippen LogP contribution in [-0.4, -0.2) is 17.8 Å². The number of hydrogen-bond acceptors (Lipinski definition) is 2. The van der Waals surface area contributed by atoms with Crippen LogP contribution >= 0.6 is 0 Å². The summed E-state index contributed by atoms with van der Waals surface area (Å²) in [7, 11) is 0. The topological polar surface area (TPSA) is 32.3 Å². The van der Waals surface area contributed by atoms with Gasteiger partial charge in [-0.05, 0) is 18.9 Å². The van der Waals surface area contributed by atoms with Gasteiger partial charge in [0.25, 0.3) is 0 Å². The molecule has 0 aliphatic carbocycles. The fourth-order valence-electron chi connectivity index (χ4n) is 1.47. The Bertz CT molecular complexity index is 327. The minimum atomic E-state index is -0.394. The van der Waals surface area contributed by atoms with Gasteiger partial charge in [0, 0.05) is 18.2 Å². The predicted octanol–water partition coefficient (Wildman–Crippen LogP) is 2.49. The largest absolute Gasteiger partial charge is 0.392 e. The average Bonchev–Trinajstić information content (AvgIpc) is 2.25. The number of benzene rings is 1. The van der Waals surface area contributed by atoms with E-state index < -0.39 is 6.10 Å². The molecule has 2 nitrogen and oxygen atoms in total. The van der Waals surface area contributed by atoms with E-state index in [2.05, 4.69) is 5.32 Å². The molecule has 3 heteroatoms. The molecular formula is C13H20FNO. The first-order valence-corrected chi connectivity index (χ1v) is 5.68. The van der Waals surface area contributed by atoms with Gasteiger partial charge in [0.2, 0.25) is 0 Å². The number of aliphatic hydroxyl groups is 1. The molecule has 1 aromatic rings. The van der Waals surface area contributed by atoms with E-state index in [1.807, 2.05) is 26.8 Å². The normalized spacial score (nSPS) is 15.1. The molecule has 0 spiro atoms. The molecule has 0 bridgehead atoms. The first kappa shape index (κ1) is 13.1. The predicted molar refractivity (Wildman–Crippen MR) is 63.7 cm³/mol. The highest BCUT2D eigenvalue weighted by Gasteiger charge is 2.13. The van der Waals surface area contributed by atoms with Crippen LogP contribution in [-0.2, 0) is 0 Å². The van der Waals surface area contributed by atoms with Crippen molar-refractivity contribution in [3.8, 4) is 0 Å². The fraction of sp³-hybridized carbons (Fsp3) is 0.538. The van der Waals surface area contributed by atoms with E-state index in [4.69, 9.17) is 0 Å². The molecule has 0 heterocycles. The summed E-state index contributed by atoms with van der Waals surface area (Å²) in [5.74, 6) is 0.00172. The SMILES string of the molecule is CC(NCC(O)C(C)C)c1ccccc1F. The van der Waals surface area contributed by atoms with E-state index in [-0.39, 0.29) is 17.8 Å². The van der Waals surface area contributed by atoms with Crippen molar-refractivity contribution in [3.05, 3.63) is 35.6 Å². The zero-order valence-corrected chi connectivity index (χ0v) is 10.1. The summed E-state index contributed by atoms with van der Waals surface area (Å²) in [6, 6.07) is 6.61. The molecular weight excluding hydrogens is 205 g/mol. The molecule has 0 radical (unpaired) electrons. The molecule has 0 aromatic heterocycles. The molecule has 16 heavy (non-hydrogen) atoms. The number of nitrogens with one attached hydrogen (secondary N) is 1. The van der Waals surface area contributed by atoms with Crippen molar-refractivity contribution in [3.63, 3.8) is 0 Å². The Kier molecular flexibility index (Phi) is 4.90. The van der Waals surface area contributed by atoms with Gasteiger partial charge in [-0.2, -0.15) is 0 Å². The maximum Gasteiger partial charge on any atom is 0.127 e. The van der Waals surface area contributed by atoms with Crippen molar-refractivity contribution < 1.29 is 9.50 Å². The second-order valence-corrected chi connectivity index (χ2v) is 4.46. The Morgan fingerprint density at radius 2 is 1.88 bits per heavy atom. The summed E-state index contributed by atoms with van der Waals surface area (Å²) in [5, 5.41) is 12.8. The molecule has 0 amide bonds. The molecule has 2 unspecified atom stereocenters. The highest BCUT2D eigenvalue weighted by atomic mass is 19.1. The minimum absolute atomic E-state index is 0.0883. The molecule has 0 fully saturated rings. The lowest BCUT2D eigenvalue weighted by Crippen LogP contribution is -2.32. The van der Waals surface area contributed by atoms with Crippen LogP contribution < -0.4 is 5.32 Å². The maximum atomic E-state index is 13.4. The highest BCUT2D eigenvalue weighted by molar-refractivity contribution is 5.20. The van der Waals surface area contributed by atoms with Crippen molar-refractivity contribution in [2.24, 2.45) is 5.92 Å². The van der Waals surface area contributed by atoms with E-state index in [0.29, 0.717) is 12.1 Å². The van der Waals surface area contributed by atoms with E-state index in [0.717, 1.165) is 0 Å². The Labute approximate surface area is 96.5 Å². The Hall–Kier alpha value is -0.930. The fourth-order valence-corrected chi connectivity index (χ4v) is 1.47. The van der Waals surface area contributed by atoms with Crippen LogP contribution in [0.3, 0.4) is 0 Å². The zero-order chi connectivity index (χ0) is 12.1. The van der Waals surface area contributed by atoms with Gasteiger partial charge >= 0.3 is 0 Å². The number of rotatable bonds is 5. The summed E-state index contributed by atoms with van der Waals surface area (Å²) < 4.78 is 13.4. The number of aliphatic hydroxyl groups excluding tert-OH is 1. The molecule has 1 aromatic carbocycles. The first-order valence-electron chi connectivity index (χ1n) is 5.68. The van der Waals surface area contributed by atoms with Crippen LogP contribution in [0, 0.1) is 11.7 Å². The Morgan fingerprint density at radius 3 is 2.44 bits per heavy atom. The zero-order valence-electron chi connectivity index (χ0n) is 10.1. The number of halogens is 1. The van der Waals surface area contributed by atoms with Gasteiger partial charge in [0.05, 0.1) is 6.10 Å². The molecule has 90 valence electrons. The van der Waals surface area contributed by atoms with Crippen LogP contribution in [0.5, 0.6) is 0 Å². The van der Waals surface area contributed by atoms with Crippen LogP contribution in [0.1, 0.15) is 32.4 Å². The standard InChI is InChI=1S/C13H20FNO/c1-9(2)13(16)8-15-10(3)11-6-4-5-7-12(11)14/h4-7,9-10,13,15-16H,8H2,1-3H3. The van der Waals surface area contributed by atoms with Gasteiger partial charge in [0.1, 0.15) is 5.82 Å². The molecule has 0 saturated heterocycles. The van der Waals surface area contributed by atoms with Gasteiger partial charge in [-0.25, -0.2) is 4.39 Å². The van der Waals surface area contributed by atoms with Gasteiger partial charge in [-0.15, -0.1) is 0 Å². The van der Waals surface area contributed by atoms with Gasteiger partial charge in [-0.3, -0.25) is 0 Å². The molecule has 2 N–H and O–H groups in total. The van der Waals surface area contributed by atoms with Crippen LogP contribution in [0.2, 0.25) is 0 Å². The molecule has 2 atom stereocenters. The summed E-state index contributed by atoms with van der Waals surface area (Å²) in [6.45, 7) is 6.29. The third kappa shape index (κ3) is 3.58. The maximum absolute atomic E-state index is 13.4. The average molecular weight is 225 g/mol. The van der Waals surface area contributed by atoms with Crippen LogP contribution in [0.15, 0.2) is 24.3 Å².